The number of amides is 2. The number of nitrogens with zero attached hydrogens (tertiary/aromatic N) is 1. The van der Waals surface area contributed by atoms with Crippen LogP contribution in [0.4, 0.5) is 4.79 Å². The molecule has 0 radical (unpaired) electrons. The zero-order chi connectivity index (χ0) is 23.8. The Balaban J connectivity index is 1.57. The number of hydrogen-bond acceptors (Lipinski definition) is 5. The zero-order valence-electron chi connectivity index (χ0n) is 19.6. The number of rotatable bonds is 8. The molecule has 0 spiro atoms. The first-order valence-corrected chi connectivity index (χ1v) is 11.9. The van der Waals surface area contributed by atoms with Gasteiger partial charge in [-0.1, -0.05) is 54.6 Å². The second kappa shape index (κ2) is 11.1. The molecular formula is C26H31N3O3S. The van der Waals surface area contributed by atoms with E-state index in [1.807, 2.05) is 49.4 Å². The van der Waals surface area contributed by atoms with E-state index in [9.17, 15) is 9.59 Å². The highest BCUT2D eigenvalue weighted by Gasteiger charge is 2.24. The summed E-state index contributed by atoms with van der Waals surface area (Å²) < 4.78 is 5.34. The molecule has 0 aliphatic carbocycles. The van der Waals surface area contributed by atoms with Crippen molar-refractivity contribution in [2.75, 3.05) is 6.54 Å². The van der Waals surface area contributed by atoms with Crippen molar-refractivity contribution in [3.63, 3.8) is 0 Å². The Hall–Kier alpha value is -3.19. The summed E-state index contributed by atoms with van der Waals surface area (Å²) in [6.07, 6.45) is 0.465. The van der Waals surface area contributed by atoms with E-state index in [0.717, 1.165) is 27.4 Å². The number of ether oxygens (including phenoxy) is 1. The smallest absolute Gasteiger partial charge is 0.408 e. The molecule has 0 bridgehead atoms. The van der Waals surface area contributed by atoms with Gasteiger partial charge < -0.3 is 15.4 Å². The number of carbonyl (C=O) groups is 2. The number of aryl methyl sites for hydroxylation is 1. The van der Waals surface area contributed by atoms with Crippen LogP contribution in [0.1, 0.15) is 36.9 Å². The third-order valence-corrected chi connectivity index (χ3v) is 5.65. The minimum Gasteiger partial charge on any atom is -0.444 e. The quantitative estimate of drug-likeness (QED) is 0.495. The molecule has 2 amide bonds. The molecule has 0 aliphatic rings. The Morgan fingerprint density at radius 2 is 1.73 bits per heavy atom. The van der Waals surface area contributed by atoms with E-state index in [2.05, 4.69) is 33.1 Å². The van der Waals surface area contributed by atoms with E-state index in [1.54, 1.807) is 32.1 Å². The van der Waals surface area contributed by atoms with E-state index in [1.165, 1.54) is 0 Å². The van der Waals surface area contributed by atoms with Crippen molar-refractivity contribution in [1.82, 2.24) is 15.6 Å². The molecule has 1 heterocycles. The first kappa shape index (κ1) is 24.5. The van der Waals surface area contributed by atoms with E-state index in [0.29, 0.717) is 19.4 Å². The molecule has 1 aromatic heterocycles. The van der Waals surface area contributed by atoms with E-state index >= 15 is 0 Å². The first-order valence-electron chi connectivity index (χ1n) is 11.0. The van der Waals surface area contributed by atoms with Crippen molar-refractivity contribution in [2.45, 2.75) is 52.2 Å². The number of carbonyl (C=O) groups excluding carboxylic acids is 2. The van der Waals surface area contributed by atoms with Gasteiger partial charge in [-0.2, -0.15) is 0 Å². The molecule has 0 aliphatic heterocycles. The van der Waals surface area contributed by atoms with Crippen LogP contribution in [0.2, 0.25) is 0 Å². The Morgan fingerprint density at radius 1 is 1.03 bits per heavy atom. The van der Waals surface area contributed by atoms with Gasteiger partial charge in [0.1, 0.15) is 11.6 Å². The Kier molecular flexibility index (Phi) is 8.22. The molecular weight excluding hydrogens is 434 g/mol. The summed E-state index contributed by atoms with van der Waals surface area (Å²) >= 11 is 1.63. The average molecular weight is 466 g/mol. The molecule has 0 fully saturated rings. The predicted molar refractivity (Wildman–Crippen MR) is 132 cm³/mol. The molecule has 174 valence electrons. The monoisotopic (exact) mass is 465 g/mol. The summed E-state index contributed by atoms with van der Waals surface area (Å²) in [5, 5.41) is 8.76. The lowest BCUT2D eigenvalue weighted by molar-refractivity contribution is -0.123. The van der Waals surface area contributed by atoms with Gasteiger partial charge in [-0.05, 0) is 45.2 Å². The first-order chi connectivity index (χ1) is 15.7. The van der Waals surface area contributed by atoms with Gasteiger partial charge in [-0.3, -0.25) is 4.79 Å². The molecule has 2 N–H and O–H groups in total. The van der Waals surface area contributed by atoms with E-state index < -0.39 is 17.7 Å². The van der Waals surface area contributed by atoms with Crippen molar-refractivity contribution in [3.05, 3.63) is 76.1 Å². The fourth-order valence-corrected chi connectivity index (χ4v) is 3.92. The van der Waals surface area contributed by atoms with Crippen molar-refractivity contribution >= 4 is 23.3 Å². The minimum absolute atomic E-state index is 0.237. The van der Waals surface area contributed by atoms with Gasteiger partial charge in [0.15, 0.2) is 0 Å². The maximum absolute atomic E-state index is 12.9. The average Bonchev–Trinajstić information content (AvgIpc) is 3.19. The molecule has 2 aromatic carbocycles. The number of benzene rings is 2. The zero-order valence-corrected chi connectivity index (χ0v) is 20.4. The lowest BCUT2D eigenvalue weighted by atomic mass is 10.0. The van der Waals surface area contributed by atoms with Crippen LogP contribution in [-0.4, -0.2) is 35.2 Å². The highest BCUT2D eigenvalue weighted by Crippen LogP contribution is 2.21. The van der Waals surface area contributed by atoms with Crippen LogP contribution in [0.3, 0.4) is 0 Å². The fourth-order valence-electron chi connectivity index (χ4n) is 3.30. The number of hydrogen-bond donors (Lipinski definition) is 2. The number of alkyl carbamates (subject to hydrolysis) is 1. The summed E-state index contributed by atoms with van der Waals surface area (Å²) in [5.41, 5.74) is 3.50. The Bertz CT molecular complexity index is 1060. The molecule has 7 heteroatoms. The SMILES string of the molecule is Cc1nc(-c2ccc(CCNC(=O)C(Cc3ccccc3)NC(=O)OC(C)(C)C)cc2)cs1. The highest BCUT2D eigenvalue weighted by atomic mass is 32.1. The van der Waals surface area contributed by atoms with Gasteiger partial charge in [0.05, 0.1) is 10.7 Å². The predicted octanol–water partition coefficient (Wildman–Crippen LogP) is 4.91. The molecule has 1 atom stereocenters. The standard InChI is InChI=1S/C26H31N3O3S/c1-18-28-23(17-33-18)21-12-10-19(11-13-21)14-15-27-24(30)22(16-20-8-6-5-7-9-20)29-25(31)32-26(2,3)4/h5-13,17,22H,14-16H2,1-4H3,(H,27,30)(H,29,31). The van der Waals surface area contributed by atoms with Gasteiger partial charge in [0.25, 0.3) is 0 Å². The lowest BCUT2D eigenvalue weighted by Crippen LogP contribution is -2.49. The highest BCUT2D eigenvalue weighted by molar-refractivity contribution is 7.09. The van der Waals surface area contributed by atoms with Gasteiger partial charge in [0.2, 0.25) is 5.91 Å². The Labute approximate surface area is 199 Å². The normalized spacial score (nSPS) is 12.1. The maximum Gasteiger partial charge on any atom is 0.408 e. The molecule has 6 nitrogen and oxygen atoms in total. The molecule has 1 unspecified atom stereocenters. The minimum atomic E-state index is -0.725. The van der Waals surface area contributed by atoms with Crippen LogP contribution in [0.25, 0.3) is 11.3 Å². The second-order valence-corrected chi connectivity index (χ2v) is 9.94. The summed E-state index contributed by atoms with van der Waals surface area (Å²) in [6, 6.07) is 17.1. The molecule has 3 rings (SSSR count). The summed E-state index contributed by atoms with van der Waals surface area (Å²) in [5.74, 6) is -0.237. The van der Waals surface area contributed by atoms with Crippen LogP contribution >= 0.6 is 11.3 Å². The number of thiazole rings is 1. The van der Waals surface area contributed by atoms with Crippen LogP contribution in [0.15, 0.2) is 60.0 Å². The molecule has 3 aromatic rings. The number of aromatic nitrogens is 1. The summed E-state index contributed by atoms with van der Waals surface area (Å²) in [6.45, 7) is 7.84. The van der Waals surface area contributed by atoms with Crippen molar-refractivity contribution < 1.29 is 14.3 Å². The number of nitrogens with one attached hydrogen (secondary N) is 2. The largest absolute Gasteiger partial charge is 0.444 e. The van der Waals surface area contributed by atoms with Gasteiger partial charge in [0, 0.05) is 23.9 Å². The van der Waals surface area contributed by atoms with Crippen LogP contribution < -0.4 is 10.6 Å². The third-order valence-electron chi connectivity index (χ3n) is 4.87. The third kappa shape index (κ3) is 8.02. The van der Waals surface area contributed by atoms with Crippen molar-refractivity contribution in [1.29, 1.82) is 0 Å². The van der Waals surface area contributed by atoms with Crippen LogP contribution in [0.5, 0.6) is 0 Å². The lowest BCUT2D eigenvalue weighted by Gasteiger charge is -2.23. The van der Waals surface area contributed by atoms with E-state index in [4.69, 9.17) is 4.74 Å². The van der Waals surface area contributed by atoms with Crippen LogP contribution in [0, 0.1) is 6.92 Å². The van der Waals surface area contributed by atoms with Crippen molar-refractivity contribution in [3.8, 4) is 11.3 Å². The topological polar surface area (TPSA) is 80.3 Å². The van der Waals surface area contributed by atoms with Crippen molar-refractivity contribution in [2.24, 2.45) is 0 Å². The summed E-state index contributed by atoms with van der Waals surface area (Å²) in [4.78, 5) is 29.7. The van der Waals surface area contributed by atoms with Gasteiger partial charge >= 0.3 is 6.09 Å². The molecule has 0 saturated heterocycles. The van der Waals surface area contributed by atoms with Crippen LogP contribution in [-0.2, 0) is 22.4 Å². The second-order valence-electron chi connectivity index (χ2n) is 8.88. The fraction of sp³-hybridized carbons (Fsp3) is 0.346. The molecule has 33 heavy (non-hydrogen) atoms. The summed E-state index contributed by atoms with van der Waals surface area (Å²) in [7, 11) is 0. The molecule has 0 saturated carbocycles. The van der Waals surface area contributed by atoms with Gasteiger partial charge in [-0.15, -0.1) is 11.3 Å². The maximum atomic E-state index is 12.9. The van der Waals surface area contributed by atoms with Gasteiger partial charge in [-0.25, -0.2) is 9.78 Å². The van der Waals surface area contributed by atoms with E-state index in [-0.39, 0.29) is 5.91 Å². The Morgan fingerprint density at radius 3 is 2.33 bits per heavy atom.